The van der Waals surface area contributed by atoms with Crippen LogP contribution in [0, 0.1) is 28.9 Å². The van der Waals surface area contributed by atoms with Crippen LogP contribution in [-0.4, -0.2) is 117 Å². The normalized spacial score (nSPS) is 20.8. The van der Waals surface area contributed by atoms with Crippen LogP contribution in [0.1, 0.15) is 63.5 Å². The number of para-hydroxylation sites is 1. The van der Waals surface area contributed by atoms with E-state index in [1.165, 1.54) is 12.1 Å². The Bertz CT molecular complexity index is 2630. The summed E-state index contributed by atoms with van der Waals surface area (Å²) in [5, 5.41) is 18.1. The highest BCUT2D eigenvalue weighted by molar-refractivity contribution is 6.07. The maximum atomic E-state index is 15.4. The summed E-state index contributed by atoms with van der Waals surface area (Å²) in [6.07, 6.45) is 9.25. The summed E-state index contributed by atoms with van der Waals surface area (Å²) in [5.41, 5.74) is 2.26. The highest BCUT2D eigenvalue weighted by atomic mass is 19.1. The van der Waals surface area contributed by atoms with Crippen molar-refractivity contribution in [1.82, 2.24) is 34.9 Å². The lowest BCUT2D eigenvalue weighted by molar-refractivity contribution is -0.142. The maximum Gasteiger partial charge on any atom is 0.235 e. The number of benzene rings is 3. The second-order valence-corrected chi connectivity index (χ2v) is 17.8. The Morgan fingerprint density at radius 2 is 1.75 bits per heavy atom. The highest BCUT2D eigenvalue weighted by Gasteiger charge is 2.51. The Hall–Kier alpha value is -6.12. The lowest BCUT2D eigenvalue weighted by Gasteiger charge is -2.32. The number of morpholine rings is 1. The van der Waals surface area contributed by atoms with Gasteiger partial charge in [0.25, 0.3) is 0 Å². The molecule has 6 heterocycles. The van der Waals surface area contributed by atoms with Gasteiger partial charge in [0, 0.05) is 80.7 Å². The fourth-order valence-corrected chi connectivity index (χ4v) is 9.33. The first kappa shape index (κ1) is 44.1. The minimum Gasteiger partial charge on any atom is -0.481 e. The van der Waals surface area contributed by atoms with Crippen molar-refractivity contribution in [2.45, 2.75) is 70.1 Å². The van der Waals surface area contributed by atoms with Crippen molar-refractivity contribution in [3.8, 4) is 40.0 Å². The smallest absolute Gasteiger partial charge is 0.235 e. The first-order chi connectivity index (χ1) is 31.4. The van der Waals surface area contributed by atoms with Crippen LogP contribution < -0.4 is 15.0 Å². The Labute approximate surface area is 375 Å². The van der Waals surface area contributed by atoms with Gasteiger partial charge >= 0.3 is 0 Å². The minimum atomic E-state index is -1.17. The zero-order valence-corrected chi connectivity index (χ0v) is 36.4. The van der Waals surface area contributed by atoms with E-state index in [1.54, 1.807) is 48.5 Å². The van der Waals surface area contributed by atoms with Gasteiger partial charge in [-0.3, -0.25) is 34.3 Å². The molecule has 65 heavy (non-hydrogen) atoms. The van der Waals surface area contributed by atoms with Crippen molar-refractivity contribution in [3.63, 3.8) is 0 Å². The number of hydrogen-bond acceptors (Lipinski definition) is 11. The fourth-order valence-electron chi connectivity index (χ4n) is 9.33. The Morgan fingerprint density at radius 3 is 2.51 bits per heavy atom. The van der Waals surface area contributed by atoms with Crippen LogP contribution >= 0.6 is 0 Å². The monoisotopic (exact) mass is 886 g/mol. The molecule has 338 valence electrons. The van der Waals surface area contributed by atoms with Gasteiger partial charge in [0.15, 0.2) is 0 Å². The van der Waals surface area contributed by atoms with Crippen LogP contribution in [0.15, 0.2) is 73.2 Å². The molecule has 0 bridgehead atoms. The number of fused-ring (bicyclic) bond motifs is 1. The third-order valence-corrected chi connectivity index (χ3v) is 13.1. The summed E-state index contributed by atoms with van der Waals surface area (Å²) in [5.74, 6) is 4.42. The number of carbonyl (C=O) groups excluding carboxylic acids is 3. The summed E-state index contributed by atoms with van der Waals surface area (Å²) >= 11 is 0. The predicted octanol–water partition coefficient (Wildman–Crippen LogP) is 5.68. The van der Waals surface area contributed by atoms with E-state index in [-0.39, 0.29) is 61.9 Å². The van der Waals surface area contributed by atoms with E-state index in [4.69, 9.17) is 19.6 Å². The zero-order chi connectivity index (χ0) is 45.1. The number of nitrogens with zero attached hydrogens (tertiary/aromatic N) is 7. The molecule has 14 nitrogen and oxygen atoms in total. The van der Waals surface area contributed by atoms with Gasteiger partial charge in [0.1, 0.15) is 29.6 Å². The number of hydrogen-bond donors (Lipinski definition) is 2. The van der Waals surface area contributed by atoms with Crippen LogP contribution in [0.4, 0.5) is 14.5 Å². The molecule has 3 aromatic carbocycles. The quantitative estimate of drug-likeness (QED) is 0.118. The van der Waals surface area contributed by atoms with Gasteiger partial charge < -0.3 is 24.4 Å². The molecule has 4 aliphatic heterocycles. The van der Waals surface area contributed by atoms with Crippen molar-refractivity contribution in [3.05, 3.63) is 90.4 Å². The van der Waals surface area contributed by atoms with Gasteiger partial charge in [-0.25, -0.2) is 13.8 Å². The molecule has 16 heteroatoms. The van der Waals surface area contributed by atoms with Gasteiger partial charge in [-0.2, -0.15) is 5.10 Å². The third-order valence-electron chi connectivity index (χ3n) is 13.1. The molecular weight excluding hydrogens is 835 g/mol. The summed E-state index contributed by atoms with van der Waals surface area (Å²) in [6, 6.07) is 15.4. The first-order valence-corrected chi connectivity index (χ1v) is 22.3. The molecular formula is C49H52F2N8O6. The van der Waals surface area contributed by atoms with Gasteiger partial charge in [-0.1, -0.05) is 24.0 Å². The highest BCUT2D eigenvalue weighted by Crippen LogP contribution is 2.41. The number of rotatable bonds is 12. The van der Waals surface area contributed by atoms with Gasteiger partial charge in [0.05, 0.1) is 53.8 Å². The Kier molecular flexibility index (Phi) is 12.7. The molecule has 0 radical (unpaired) electrons. The molecule has 2 atom stereocenters. The summed E-state index contributed by atoms with van der Waals surface area (Å²) < 4.78 is 44.0. The van der Waals surface area contributed by atoms with Crippen molar-refractivity contribution in [2.24, 2.45) is 5.41 Å². The summed E-state index contributed by atoms with van der Waals surface area (Å²) in [4.78, 5) is 52.6. The molecule has 0 saturated carbocycles. The topological polar surface area (TPSA) is 155 Å². The fraction of sp³-hybridized carbons (Fsp3) is 0.429. The van der Waals surface area contributed by atoms with Crippen molar-refractivity contribution < 1.29 is 37.7 Å². The number of piperidine rings is 2. The number of likely N-dealkylation sites (tertiary alicyclic amines) is 1. The predicted molar refractivity (Wildman–Crippen MR) is 238 cm³/mol. The van der Waals surface area contributed by atoms with E-state index in [0.717, 1.165) is 44.5 Å². The molecule has 5 aromatic rings. The largest absolute Gasteiger partial charge is 0.481 e. The lowest BCUT2D eigenvalue weighted by Crippen LogP contribution is -2.50. The number of amides is 3. The summed E-state index contributed by atoms with van der Waals surface area (Å²) in [7, 11) is 0. The Morgan fingerprint density at radius 1 is 0.985 bits per heavy atom. The van der Waals surface area contributed by atoms with Gasteiger partial charge in [-0.05, 0) is 93.6 Å². The molecule has 4 aliphatic rings. The maximum absolute atomic E-state index is 15.4. The van der Waals surface area contributed by atoms with Crippen LogP contribution in [0.2, 0.25) is 0 Å². The number of imide groups is 1. The van der Waals surface area contributed by atoms with E-state index in [1.807, 2.05) is 34.0 Å². The van der Waals surface area contributed by atoms with Gasteiger partial charge in [-0.15, -0.1) is 0 Å². The summed E-state index contributed by atoms with van der Waals surface area (Å²) in [6.45, 7) is 7.19. The van der Waals surface area contributed by atoms with Crippen LogP contribution in [0.3, 0.4) is 0 Å². The van der Waals surface area contributed by atoms with E-state index in [2.05, 4.69) is 27.0 Å². The van der Waals surface area contributed by atoms with E-state index in [0.29, 0.717) is 78.4 Å². The second kappa shape index (κ2) is 18.8. The van der Waals surface area contributed by atoms with Crippen LogP contribution in [0.25, 0.3) is 33.4 Å². The van der Waals surface area contributed by atoms with Crippen LogP contribution in [0.5, 0.6) is 5.75 Å². The average molecular weight is 887 g/mol. The molecule has 1 spiro atoms. The van der Waals surface area contributed by atoms with Gasteiger partial charge in [0.2, 0.25) is 17.7 Å². The minimum absolute atomic E-state index is 0.0500. The zero-order valence-electron chi connectivity index (χ0n) is 36.4. The number of nitrogens with one attached hydrogen (secondary N) is 1. The standard InChI is InChI=1S/C49H52F2N8O6/c1-48(63,15-4-22-65-37-9-7-35(8-10-37)58-32-49(27-45(58)61)16-11-44(60)55-47(49)62)14-3-17-56-18-12-36(13-19-56)59-30-34(28-53-59)43-29-52-42-6-2-5-38(46(42)54-43)33-25-40(50)39(41(51)26-33)31-57-20-23-64-24-21-57/h2,5-10,25-26,28-30,36,63H,3,11-14,16-24,27,31-32H2,1H3,(H,55,60,62). The number of aliphatic hydroxyl groups is 1. The molecule has 2 N–H and O–H groups in total. The van der Waals surface area contributed by atoms with Crippen molar-refractivity contribution in [1.29, 1.82) is 0 Å². The number of halogens is 2. The molecule has 9 rings (SSSR count). The molecule has 2 aromatic heterocycles. The SMILES string of the molecule is CC(O)(C#CCOc1ccc(N2CC3(CCC(=O)NC3=O)CC2=O)cc1)CCCN1CCC(n2cc(-c3cnc4cccc(-c5cc(F)c(CN6CCOCC6)c(F)c5)c4n3)cn2)CC1. The third kappa shape index (κ3) is 9.93. The molecule has 4 fully saturated rings. The van der Waals surface area contributed by atoms with Crippen LogP contribution in [-0.2, 0) is 25.7 Å². The van der Waals surface area contributed by atoms with Crippen molar-refractivity contribution >= 4 is 34.4 Å². The number of ether oxygens (including phenoxy) is 2. The molecule has 2 unspecified atom stereocenters. The lowest BCUT2D eigenvalue weighted by atomic mass is 9.79. The van der Waals surface area contributed by atoms with E-state index >= 15 is 8.78 Å². The number of aromatic nitrogens is 4. The Balaban J connectivity index is 0.733. The van der Waals surface area contributed by atoms with E-state index in [9.17, 15) is 19.5 Å². The number of anilines is 1. The molecule has 4 saturated heterocycles. The first-order valence-electron chi connectivity index (χ1n) is 22.3. The van der Waals surface area contributed by atoms with Crippen molar-refractivity contribution in [2.75, 3.05) is 64.0 Å². The number of carbonyl (C=O) groups is 3. The average Bonchev–Trinajstić information content (AvgIpc) is 3.94. The van der Waals surface area contributed by atoms with E-state index < -0.39 is 22.7 Å². The second-order valence-electron chi connectivity index (χ2n) is 17.8. The molecule has 0 aliphatic carbocycles. The molecule has 3 amide bonds.